The van der Waals surface area contributed by atoms with Crippen molar-refractivity contribution in [1.82, 2.24) is 14.1 Å². The van der Waals surface area contributed by atoms with Crippen molar-refractivity contribution in [1.29, 1.82) is 0 Å². The van der Waals surface area contributed by atoms with Gasteiger partial charge in [-0.1, -0.05) is 94.6 Å². The van der Waals surface area contributed by atoms with E-state index in [9.17, 15) is 8.42 Å². The lowest BCUT2D eigenvalue weighted by molar-refractivity contribution is 0.0166. The summed E-state index contributed by atoms with van der Waals surface area (Å²) in [6.07, 6.45) is 6.96. The maximum absolute atomic E-state index is 13.1. The van der Waals surface area contributed by atoms with Crippen LogP contribution < -0.4 is 0 Å². The van der Waals surface area contributed by atoms with Gasteiger partial charge in [-0.15, -0.1) is 0 Å². The summed E-state index contributed by atoms with van der Waals surface area (Å²) >= 11 is 0. The van der Waals surface area contributed by atoms with E-state index in [2.05, 4.69) is 84.0 Å². The van der Waals surface area contributed by atoms with Gasteiger partial charge < -0.3 is 4.90 Å². The van der Waals surface area contributed by atoms with Gasteiger partial charge in [-0.05, 0) is 56.4 Å². The second-order valence-electron chi connectivity index (χ2n) is 10.5. The van der Waals surface area contributed by atoms with E-state index in [-0.39, 0.29) is 18.9 Å². The van der Waals surface area contributed by atoms with E-state index in [0.29, 0.717) is 11.6 Å². The number of hydrogen-bond acceptors (Lipinski definition) is 4. The molecule has 0 bridgehead atoms. The zero-order valence-electron chi connectivity index (χ0n) is 24.0. The van der Waals surface area contributed by atoms with Crippen molar-refractivity contribution in [2.24, 2.45) is 11.3 Å². The Morgan fingerprint density at radius 3 is 2.15 bits per heavy atom. The van der Waals surface area contributed by atoms with Crippen LogP contribution in [0.25, 0.3) is 0 Å². The summed E-state index contributed by atoms with van der Waals surface area (Å²) in [6.45, 7) is 17.7. The SMILES string of the molecule is C.C=C/C(=C\C)N(C(C)C12CN(CCc3ccccc3)CCC1CN(Cc1ccccc1)C2)S(C)(=O)=O.CC. The molecule has 0 amide bonds. The summed E-state index contributed by atoms with van der Waals surface area (Å²) in [5.74, 6) is 0.441. The fourth-order valence-electron chi connectivity index (χ4n) is 6.46. The second-order valence-corrected chi connectivity index (χ2v) is 12.4. The molecule has 3 unspecified atom stereocenters. The standard InChI is InChI=1S/C30H41N3O2S.C2H6.CH4/c1-5-29(6-2)33(36(4,34)35)25(3)30-23-31(19-17-26-13-9-7-10-14-26)20-18-28(30)22-32(24-30)21-27-15-11-8-12-16-27;1-2;/h5-16,25,28H,1,17-24H2,2-4H3;1-2H3;1H4/b29-6+;;. The predicted octanol–water partition coefficient (Wildman–Crippen LogP) is 6.46. The van der Waals surface area contributed by atoms with Gasteiger partial charge in [0.1, 0.15) is 0 Å². The molecule has 0 radical (unpaired) electrons. The average molecular weight is 554 g/mol. The zero-order valence-corrected chi connectivity index (χ0v) is 24.8. The fourth-order valence-corrected chi connectivity index (χ4v) is 7.80. The maximum atomic E-state index is 13.1. The Kier molecular flexibility index (Phi) is 12.5. The lowest BCUT2D eigenvalue weighted by Gasteiger charge is -2.51. The third kappa shape index (κ3) is 7.84. The Labute approximate surface area is 239 Å². The Morgan fingerprint density at radius 1 is 1.05 bits per heavy atom. The molecule has 2 saturated heterocycles. The number of fused-ring (bicyclic) bond motifs is 1. The van der Waals surface area contributed by atoms with Gasteiger partial charge in [0.15, 0.2) is 0 Å². The van der Waals surface area contributed by atoms with Crippen molar-refractivity contribution in [3.05, 3.63) is 96.2 Å². The topological polar surface area (TPSA) is 43.9 Å². The zero-order chi connectivity index (χ0) is 27.8. The van der Waals surface area contributed by atoms with Gasteiger partial charge in [0.05, 0.1) is 12.3 Å². The molecule has 216 valence electrons. The number of sulfonamides is 1. The third-order valence-electron chi connectivity index (χ3n) is 8.23. The van der Waals surface area contributed by atoms with E-state index in [1.807, 2.05) is 26.8 Å². The number of rotatable bonds is 10. The Balaban J connectivity index is 0.00000174. The van der Waals surface area contributed by atoms with Crippen molar-refractivity contribution in [3.8, 4) is 0 Å². The highest BCUT2D eigenvalue weighted by atomic mass is 32.2. The van der Waals surface area contributed by atoms with E-state index in [1.165, 1.54) is 17.4 Å². The summed E-state index contributed by atoms with van der Waals surface area (Å²) < 4.78 is 27.9. The first-order valence-electron chi connectivity index (χ1n) is 14.1. The lowest BCUT2D eigenvalue weighted by atomic mass is 9.68. The number of hydrogen-bond donors (Lipinski definition) is 0. The van der Waals surface area contributed by atoms with E-state index in [4.69, 9.17) is 0 Å². The van der Waals surface area contributed by atoms with Gasteiger partial charge in [0, 0.05) is 43.8 Å². The summed E-state index contributed by atoms with van der Waals surface area (Å²) in [5.41, 5.74) is 3.16. The molecule has 0 N–H and O–H groups in total. The lowest BCUT2D eigenvalue weighted by Crippen LogP contribution is -2.59. The largest absolute Gasteiger partial charge is 0.302 e. The molecule has 4 rings (SSSR count). The minimum absolute atomic E-state index is 0. The first-order chi connectivity index (χ1) is 18.3. The van der Waals surface area contributed by atoms with Crippen molar-refractivity contribution in [2.45, 2.75) is 60.5 Å². The molecule has 39 heavy (non-hydrogen) atoms. The summed E-state index contributed by atoms with van der Waals surface area (Å²) in [6, 6.07) is 21.1. The van der Waals surface area contributed by atoms with E-state index in [0.717, 1.165) is 52.1 Å². The molecule has 0 aromatic heterocycles. The van der Waals surface area contributed by atoms with Crippen LogP contribution in [-0.2, 0) is 23.0 Å². The first kappa shape index (κ1) is 32.8. The molecule has 0 saturated carbocycles. The van der Waals surface area contributed by atoms with Crippen LogP contribution in [0.1, 0.15) is 52.7 Å². The quantitative estimate of drug-likeness (QED) is 0.317. The highest BCUT2D eigenvalue weighted by Crippen LogP contribution is 2.48. The number of likely N-dealkylation sites (tertiary alicyclic amines) is 2. The highest BCUT2D eigenvalue weighted by molar-refractivity contribution is 7.88. The molecule has 0 spiro atoms. The first-order valence-corrected chi connectivity index (χ1v) is 15.9. The summed E-state index contributed by atoms with van der Waals surface area (Å²) in [7, 11) is -3.47. The van der Waals surface area contributed by atoms with Crippen LogP contribution in [0.3, 0.4) is 0 Å². The molecular weight excluding hydrogens is 502 g/mol. The monoisotopic (exact) mass is 553 g/mol. The van der Waals surface area contributed by atoms with Crippen LogP contribution in [0.15, 0.2) is 85.1 Å². The Bertz CT molecular complexity index is 1150. The molecule has 2 heterocycles. The second kappa shape index (κ2) is 14.8. The molecule has 2 aliphatic heterocycles. The van der Waals surface area contributed by atoms with Gasteiger partial charge in [0.25, 0.3) is 0 Å². The van der Waals surface area contributed by atoms with Crippen LogP contribution in [0.2, 0.25) is 0 Å². The van der Waals surface area contributed by atoms with Crippen molar-refractivity contribution < 1.29 is 8.42 Å². The van der Waals surface area contributed by atoms with Crippen LogP contribution in [-0.4, -0.2) is 67.5 Å². The highest BCUT2D eigenvalue weighted by Gasteiger charge is 2.55. The van der Waals surface area contributed by atoms with Crippen molar-refractivity contribution >= 4 is 10.0 Å². The van der Waals surface area contributed by atoms with E-state index < -0.39 is 10.0 Å². The Hall–Kier alpha value is -2.41. The number of allylic oxidation sites excluding steroid dienone is 2. The molecular formula is C33H51N3O2S. The third-order valence-corrected chi connectivity index (χ3v) is 9.47. The van der Waals surface area contributed by atoms with Gasteiger partial charge in [-0.3, -0.25) is 9.21 Å². The molecule has 2 aromatic carbocycles. The molecule has 2 fully saturated rings. The smallest absolute Gasteiger partial charge is 0.232 e. The minimum atomic E-state index is -3.47. The number of piperidine rings is 1. The van der Waals surface area contributed by atoms with E-state index >= 15 is 0 Å². The van der Waals surface area contributed by atoms with Gasteiger partial charge in [-0.25, -0.2) is 8.42 Å². The van der Waals surface area contributed by atoms with Gasteiger partial charge in [0.2, 0.25) is 10.0 Å². The number of nitrogens with zero attached hydrogens (tertiary/aromatic N) is 3. The Morgan fingerprint density at radius 2 is 1.62 bits per heavy atom. The fraction of sp³-hybridized carbons (Fsp3) is 0.515. The molecule has 5 nitrogen and oxygen atoms in total. The normalized spacial score (nSPS) is 22.6. The molecule has 6 heteroatoms. The van der Waals surface area contributed by atoms with Crippen LogP contribution in [0, 0.1) is 11.3 Å². The average Bonchev–Trinajstić information content (AvgIpc) is 3.30. The van der Waals surface area contributed by atoms with Crippen LogP contribution in [0.5, 0.6) is 0 Å². The van der Waals surface area contributed by atoms with Crippen LogP contribution >= 0.6 is 0 Å². The van der Waals surface area contributed by atoms with Gasteiger partial charge in [-0.2, -0.15) is 0 Å². The predicted molar refractivity (Wildman–Crippen MR) is 167 cm³/mol. The van der Waals surface area contributed by atoms with Gasteiger partial charge >= 0.3 is 0 Å². The molecule has 2 aliphatic rings. The number of benzene rings is 2. The van der Waals surface area contributed by atoms with Crippen molar-refractivity contribution in [3.63, 3.8) is 0 Å². The van der Waals surface area contributed by atoms with E-state index in [1.54, 1.807) is 10.4 Å². The molecule has 2 aromatic rings. The van der Waals surface area contributed by atoms with Crippen molar-refractivity contribution in [2.75, 3.05) is 39.0 Å². The van der Waals surface area contributed by atoms with Crippen LogP contribution in [0.4, 0.5) is 0 Å². The summed E-state index contributed by atoms with van der Waals surface area (Å²) in [5, 5.41) is 0. The molecule has 3 atom stereocenters. The minimum Gasteiger partial charge on any atom is -0.302 e. The molecule has 0 aliphatic carbocycles. The summed E-state index contributed by atoms with van der Waals surface area (Å²) in [4.78, 5) is 5.11. The maximum Gasteiger partial charge on any atom is 0.232 e.